The van der Waals surface area contributed by atoms with Gasteiger partial charge in [-0.2, -0.15) is 0 Å². The van der Waals surface area contributed by atoms with Gasteiger partial charge in [0, 0.05) is 11.4 Å². The number of hydrogen-bond acceptors (Lipinski definition) is 5. The summed E-state index contributed by atoms with van der Waals surface area (Å²) in [6.07, 6.45) is 0. The van der Waals surface area contributed by atoms with E-state index in [1.807, 2.05) is 24.4 Å². The summed E-state index contributed by atoms with van der Waals surface area (Å²) in [7, 11) is -3.55. The minimum absolute atomic E-state index is 0.214. The summed E-state index contributed by atoms with van der Waals surface area (Å²) >= 11 is 1.52. The van der Waals surface area contributed by atoms with Gasteiger partial charge in [0.2, 0.25) is 10.0 Å². The van der Waals surface area contributed by atoms with Gasteiger partial charge in [0.05, 0.1) is 10.9 Å². The number of rotatable bonds is 7. The largest absolute Gasteiger partial charge is 0.492 e. The smallest absolute Gasteiger partial charge is 0.241 e. The molecule has 114 valence electrons. The molecule has 2 aromatic rings. The second-order valence-electron chi connectivity index (χ2n) is 4.47. The fourth-order valence-electron chi connectivity index (χ4n) is 1.79. The van der Waals surface area contributed by atoms with Gasteiger partial charge in [-0.05, 0) is 42.6 Å². The van der Waals surface area contributed by atoms with Crippen LogP contribution >= 0.6 is 11.3 Å². The molecule has 0 aliphatic rings. The lowest BCUT2D eigenvalue weighted by Gasteiger charge is -2.13. The van der Waals surface area contributed by atoms with E-state index in [0.717, 1.165) is 4.88 Å². The molecule has 3 N–H and O–H groups in total. The van der Waals surface area contributed by atoms with E-state index in [-0.39, 0.29) is 10.9 Å². The Balaban J connectivity index is 2.08. The lowest BCUT2D eigenvalue weighted by Crippen LogP contribution is -2.26. The van der Waals surface area contributed by atoms with Gasteiger partial charge < -0.3 is 10.5 Å². The average Bonchev–Trinajstić information content (AvgIpc) is 2.99. The first kappa shape index (κ1) is 16.0. The van der Waals surface area contributed by atoms with Gasteiger partial charge >= 0.3 is 0 Å². The summed E-state index contributed by atoms with van der Waals surface area (Å²) in [5.41, 5.74) is 5.35. The van der Waals surface area contributed by atoms with Crippen molar-refractivity contribution in [2.24, 2.45) is 5.73 Å². The summed E-state index contributed by atoms with van der Waals surface area (Å²) in [6.45, 7) is 2.64. The van der Waals surface area contributed by atoms with Crippen molar-refractivity contribution in [2.45, 2.75) is 17.9 Å². The van der Waals surface area contributed by atoms with Crippen LogP contribution in [0.4, 0.5) is 0 Å². The van der Waals surface area contributed by atoms with Crippen molar-refractivity contribution < 1.29 is 13.2 Å². The van der Waals surface area contributed by atoms with E-state index < -0.39 is 10.0 Å². The summed E-state index contributed by atoms with van der Waals surface area (Å²) in [5.74, 6) is 0.603. The summed E-state index contributed by atoms with van der Waals surface area (Å²) < 4.78 is 32.6. The van der Waals surface area contributed by atoms with Crippen LogP contribution in [0.25, 0.3) is 0 Å². The van der Waals surface area contributed by atoms with Gasteiger partial charge in [-0.3, -0.25) is 0 Å². The molecule has 0 spiro atoms. The monoisotopic (exact) mass is 326 g/mol. The number of benzene rings is 1. The van der Waals surface area contributed by atoms with Gasteiger partial charge in [-0.15, -0.1) is 11.3 Å². The van der Waals surface area contributed by atoms with Gasteiger partial charge in [0.25, 0.3) is 0 Å². The SMILES string of the molecule is CC(NS(=O)(=O)c1ccc(OCCN)cc1)c1cccs1. The minimum Gasteiger partial charge on any atom is -0.492 e. The Morgan fingerprint density at radius 3 is 2.57 bits per heavy atom. The van der Waals surface area contributed by atoms with Crippen molar-refractivity contribution in [3.05, 3.63) is 46.7 Å². The maximum Gasteiger partial charge on any atom is 0.241 e. The molecule has 1 heterocycles. The van der Waals surface area contributed by atoms with Crippen molar-refractivity contribution in [1.29, 1.82) is 0 Å². The van der Waals surface area contributed by atoms with Gasteiger partial charge in [0.1, 0.15) is 12.4 Å². The number of hydrogen-bond donors (Lipinski definition) is 2. The van der Waals surface area contributed by atoms with Crippen molar-refractivity contribution >= 4 is 21.4 Å². The first-order valence-corrected chi connectivity index (χ1v) is 8.88. The lowest BCUT2D eigenvalue weighted by atomic mass is 10.3. The molecule has 0 saturated heterocycles. The van der Waals surface area contributed by atoms with E-state index in [1.165, 1.54) is 23.5 Å². The molecule has 0 saturated carbocycles. The van der Waals surface area contributed by atoms with Gasteiger partial charge in [-0.1, -0.05) is 6.07 Å². The molecule has 0 fully saturated rings. The van der Waals surface area contributed by atoms with Crippen LogP contribution in [-0.2, 0) is 10.0 Å². The number of nitrogens with two attached hydrogens (primary N) is 1. The Labute approximate surface area is 128 Å². The number of sulfonamides is 1. The van der Waals surface area contributed by atoms with Crippen LogP contribution in [0.5, 0.6) is 5.75 Å². The highest BCUT2D eigenvalue weighted by molar-refractivity contribution is 7.89. The Kier molecular flexibility index (Phi) is 5.35. The molecule has 1 unspecified atom stereocenters. The number of thiophene rings is 1. The Morgan fingerprint density at radius 1 is 1.29 bits per heavy atom. The average molecular weight is 326 g/mol. The first-order chi connectivity index (χ1) is 10.0. The second-order valence-corrected chi connectivity index (χ2v) is 7.16. The fraction of sp³-hybridized carbons (Fsp3) is 0.286. The molecular weight excluding hydrogens is 308 g/mol. The van der Waals surface area contributed by atoms with Crippen LogP contribution in [0, 0.1) is 0 Å². The van der Waals surface area contributed by atoms with Crippen LogP contribution < -0.4 is 15.2 Å². The molecule has 2 rings (SSSR count). The van der Waals surface area contributed by atoms with E-state index in [1.54, 1.807) is 12.1 Å². The highest BCUT2D eigenvalue weighted by atomic mass is 32.2. The van der Waals surface area contributed by atoms with E-state index in [9.17, 15) is 8.42 Å². The molecule has 1 atom stereocenters. The molecule has 1 aromatic carbocycles. The highest BCUT2D eigenvalue weighted by Gasteiger charge is 2.18. The highest BCUT2D eigenvalue weighted by Crippen LogP contribution is 2.22. The summed E-state index contributed by atoms with van der Waals surface area (Å²) in [6, 6.07) is 9.84. The second kappa shape index (κ2) is 7.04. The summed E-state index contributed by atoms with van der Waals surface area (Å²) in [5, 5.41) is 1.92. The number of ether oxygens (including phenoxy) is 1. The van der Waals surface area contributed by atoms with E-state index in [0.29, 0.717) is 18.9 Å². The molecule has 1 aromatic heterocycles. The maximum atomic E-state index is 12.3. The van der Waals surface area contributed by atoms with Crippen LogP contribution in [0.3, 0.4) is 0 Å². The zero-order valence-corrected chi connectivity index (χ0v) is 13.3. The molecule has 0 amide bonds. The fourth-order valence-corrected chi connectivity index (χ4v) is 3.82. The molecule has 0 radical (unpaired) electrons. The normalized spacial score (nSPS) is 13.0. The van der Waals surface area contributed by atoms with Gasteiger partial charge in [-0.25, -0.2) is 13.1 Å². The van der Waals surface area contributed by atoms with Crippen LogP contribution in [0.1, 0.15) is 17.8 Å². The first-order valence-electron chi connectivity index (χ1n) is 6.51. The standard InChI is InChI=1S/C14H18N2O3S2/c1-11(14-3-2-10-20-14)16-21(17,18)13-6-4-12(5-7-13)19-9-8-15/h2-7,10-11,16H,8-9,15H2,1H3. The van der Waals surface area contributed by atoms with Crippen molar-refractivity contribution in [3.8, 4) is 5.75 Å². The minimum atomic E-state index is -3.55. The van der Waals surface area contributed by atoms with E-state index in [4.69, 9.17) is 10.5 Å². The van der Waals surface area contributed by atoms with Crippen molar-refractivity contribution in [2.75, 3.05) is 13.2 Å². The van der Waals surface area contributed by atoms with Crippen LogP contribution in [0.2, 0.25) is 0 Å². The Morgan fingerprint density at radius 2 is 2.00 bits per heavy atom. The van der Waals surface area contributed by atoms with Crippen LogP contribution in [0.15, 0.2) is 46.7 Å². The third kappa shape index (κ3) is 4.28. The lowest BCUT2D eigenvalue weighted by molar-refractivity contribution is 0.328. The zero-order chi connectivity index (χ0) is 15.3. The molecule has 7 heteroatoms. The van der Waals surface area contributed by atoms with E-state index >= 15 is 0 Å². The van der Waals surface area contributed by atoms with Crippen molar-refractivity contribution in [3.63, 3.8) is 0 Å². The predicted molar refractivity (Wildman–Crippen MR) is 84.0 cm³/mol. The van der Waals surface area contributed by atoms with Crippen molar-refractivity contribution in [1.82, 2.24) is 4.72 Å². The third-order valence-electron chi connectivity index (χ3n) is 2.82. The molecule has 0 aliphatic heterocycles. The Bertz CT molecular complexity index is 652. The number of nitrogens with one attached hydrogen (secondary N) is 1. The Hall–Kier alpha value is -1.41. The molecule has 0 bridgehead atoms. The molecule has 5 nitrogen and oxygen atoms in total. The molecular formula is C14H18N2O3S2. The van der Waals surface area contributed by atoms with Crippen LogP contribution in [-0.4, -0.2) is 21.6 Å². The summed E-state index contributed by atoms with van der Waals surface area (Å²) in [4.78, 5) is 1.19. The molecule has 0 aliphatic carbocycles. The quantitative estimate of drug-likeness (QED) is 0.816. The topological polar surface area (TPSA) is 81.4 Å². The van der Waals surface area contributed by atoms with Gasteiger partial charge in [0.15, 0.2) is 0 Å². The van der Waals surface area contributed by atoms with E-state index in [2.05, 4.69) is 4.72 Å². The predicted octanol–water partition coefficient (Wildman–Crippen LogP) is 2.13. The maximum absolute atomic E-state index is 12.3. The zero-order valence-electron chi connectivity index (χ0n) is 11.7. The molecule has 21 heavy (non-hydrogen) atoms. The third-order valence-corrected chi connectivity index (χ3v) is 5.43.